The van der Waals surface area contributed by atoms with Crippen LogP contribution in [0.25, 0.3) is 6.08 Å². The highest BCUT2D eigenvalue weighted by molar-refractivity contribution is 5.87. The van der Waals surface area contributed by atoms with Gasteiger partial charge in [-0.3, -0.25) is 0 Å². The van der Waals surface area contributed by atoms with E-state index in [0.29, 0.717) is 11.5 Å². The molecule has 0 bridgehead atoms. The van der Waals surface area contributed by atoms with Gasteiger partial charge in [-0.25, -0.2) is 4.79 Å². The van der Waals surface area contributed by atoms with Gasteiger partial charge < -0.3 is 5.11 Å². The summed E-state index contributed by atoms with van der Waals surface area (Å²) >= 11 is 0. The van der Waals surface area contributed by atoms with Crippen molar-refractivity contribution >= 4 is 12.0 Å². The van der Waals surface area contributed by atoms with Crippen LogP contribution >= 0.6 is 0 Å². The zero-order valence-corrected chi connectivity index (χ0v) is 11.2. The number of allylic oxidation sites excluding steroid dienone is 2. The number of carboxylic acids is 1. The third kappa shape index (κ3) is 4.58. The lowest BCUT2D eigenvalue weighted by Crippen LogP contribution is -2.02. The van der Waals surface area contributed by atoms with Crippen molar-refractivity contribution in [1.82, 2.24) is 0 Å². The van der Waals surface area contributed by atoms with E-state index < -0.39 is 5.97 Å². The molecule has 0 spiro atoms. The lowest BCUT2D eigenvalue weighted by Gasteiger charge is -2.08. The van der Waals surface area contributed by atoms with Crippen molar-refractivity contribution in [3.63, 3.8) is 0 Å². The molecule has 0 amide bonds. The van der Waals surface area contributed by atoms with Crippen LogP contribution in [0.5, 0.6) is 0 Å². The fourth-order valence-electron chi connectivity index (χ4n) is 1.68. The van der Waals surface area contributed by atoms with E-state index in [1.54, 1.807) is 6.92 Å². The zero-order chi connectivity index (χ0) is 13.5. The third-order valence-corrected chi connectivity index (χ3v) is 2.71. The molecule has 2 heteroatoms. The highest BCUT2D eigenvalue weighted by Crippen LogP contribution is 2.18. The third-order valence-electron chi connectivity index (χ3n) is 2.71. The summed E-state index contributed by atoms with van der Waals surface area (Å²) in [4.78, 5) is 11.0. The lowest BCUT2D eigenvalue weighted by atomic mass is 9.97. The van der Waals surface area contributed by atoms with E-state index in [2.05, 4.69) is 13.8 Å². The van der Waals surface area contributed by atoms with Gasteiger partial charge in [-0.15, -0.1) is 0 Å². The molecule has 0 saturated carbocycles. The second-order valence-electron chi connectivity index (χ2n) is 4.80. The van der Waals surface area contributed by atoms with E-state index in [1.807, 2.05) is 42.5 Å². The van der Waals surface area contributed by atoms with Gasteiger partial charge in [0.05, 0.1) is 0 Å². The Kier molecular flexibility index (Phi) is 5.37. The van der Waals surface area contributed by atoms with E-state index in [9.17, 15) is 4.79 Å². The van der Waals surface area contributed by atoms with E-state index in [1.165, 1.54) is 0 Å². The van der Waals surface area contributed by atoms with Gasteiger partial charge in [-0.1, -0.05) is 56.3 Å². The predicted octanol–water partition coefficient (Wildman–Crippen LogP) is 4.15. The first-order valence-corrected chi connectivity index (χ1v) is 6.17. The molecule has 0 unspecified atom stereocenters. The van der Waals surface area contributed by atoms with Crippen molar-refractivity contribution in [3.8, 4) is 0 Å². The number of carbonyl (C=O) groups is 1. The Balaban J connectivity index is 2.96. The minimum Gasteiger partial charge on any atom is -0.478 e. The highest BCUT2D eigenvalue weighted by atomic mass is 16.4. The summed E-state index contributed by atoms with van der Waals surface area (Å²) in [5.41, 5.74) is 2.40. The summed E-state index contributed by atoms with van der Waals surface area (Å²) in [7, 11) is 0. The van der Waals surface area contributed by atoms with Gasteiger partial charge in [0.15, 0.2) is 0 Å². The maximum absolute atomic E-state index is 11.0. The van der Waals surface area contributed by atoms with Crippen molar-refractivity contribution in [2.24, 2.45) is 5.92 Å². The molecule has 1 rings (SSSR count). The minimum absolute atomic E-state index is 0.427. The average Bonchev–Trinajstić information content (AvgIpc) is 2.34. The second-order valence-corrected chi connectivity index (χ2v) is 4.80. The summed E-state index contributed by atoms with van der Waals surface area (Å²) < 4.78 is 0. The molecule has 1 aromatic rings. The molecular formula is C16H20O2. The van der Waals surface area contributed by atoms with Gasteiger partial charge in [-0.05, 0) is 30.4 Å². The summed E-state index contributed by atoms with van der Waals surface area (Å²) in [6.45, 7) is 5.84. The van der Waals surface area contributed by atoms with E-state index in [0.717, 1.165) is 17.6 Å². The van der Waals surface area contributed by atoms with Crippen LogP contribution in [0.1, 0.15) is 32.8 Å². The maximum Gasteiger partial charge on any atom is 0.331 e. The molecule has 0 aromatic heterocycles. The molecule has 0 atom stereocenters. The molecule has 0 aliphatic carbocycles. The Morgan fingerprint density at radius 3 is 2.39 bits per heavy atom. The Morgan fingerprint density at radius 1 is 1.28 bits per heavy atom. The second kappa shape index (κ2) is 6.80. The Morgan fingerprint density at radius 2 is 1.89 bits per heavy atom. The molecule has 96 valence electrons. The number of hydrogen-bond donors (Lipinski definition) is 1. The van der Waals surface area contributed by atoms with Crippen LogP contribution in [0, 0.1) is 5.92 Å². The number of hydrogen-bond acceptors (Lipinski definition) is 1. The summed E-state index contributed by atoms with van der Waals surface area (Å²) in [5, 5.41) is 9.07. The van der Waals surface area contributed by atoms with Gasteiger partial charge >= 0.3 is 5.97 Å². The van der Waals surface area contributed by atoms with Crippen LogP contribution in [0.2, 0.25) is 0 Å². The molecular weight excluding hydrogens is 224 g/mol. The molecule has 0 fully saturated rings. The molecule has 0 heterocycles. The molecule has 2 nitrogen and oxygen atoms in total. The standard InChI is InChI=1S/C16H20O2/c1-12(2)11-15(13(3)16(17)18)10-9-14-7-5-4-6-8-14/h4-10,12H,11H2,1-3H3,(H,17,18). The van der Waals surface area contributed by atoms with Crippen molar-refractivity contribution < 1.29 is 9.90 Å². The number of rotatable bonds is 5. The summed E-state index contributed by atoms with van der Waals surface area (Å²) in [5.74, 6) is -0.405. The molecule has 0 saturated heterocycles. The van der Waals surface area contributed by atoms with E-state index in [4.69, 9.17) is 5.11 Å². The fourth-order valence-corrected chi connectivity index (χ4v) is 1.68. The first kappa shape index (κ1) is 14.2. The van der Waals surface area contributed by atoms with Crippen LogP contribution < -0.4 is 0 Å². The largest absolute Gasteiger partial charge is 0.478 e. The van der Waals surface area contributed by atoms with Crippen LogP contribution in [0.4, 0.5) is 0 Å². The van der Waals surface area contributed by atoms with Crippen molar-refractivity contribution in [3.05, 3.63) is 53.1 Å². The summed E-state index contributed by atoms with van der Waals surface area (Å²) in [6, 6.07) is 9.90. The van der Waals surface area contributed by atoms with Crippen LogP contribution in [0.3, 0.4) is 0 Å². The van der Waals surface area contributed by atoms with E-state index in [-0.39, 0.29) is 0 Å². The highest BCUT2D eigenvalue weighted by Gasteiger charge is 2.08. The van der Waals surface area contributed by atoms with Gasteiger partial charge in [0.1, 0.15) is 0 Å². The van der Waals surface area contributed by atoms with Gasteiger partial charge in [0.25, 0.3) is 0 Å². The van der Waals surface area contributed by atoms with Crippen molar-refractivity contribution in [1.29, 1.82) is 0 Å². The fraction of sp³-hybridized carbons (Fsp3) is 0.312. The normalized spacial score (nSPS) is 12.9. The number of benzene rings is 1. The van der Waals surface area contributed by atoms with E-state index >= 15 is 0 Å². The molecule has 1 N–H and O–H groups in total. The van der Waals surface area contributed by atoms with Crippen molar-refractivity contribution in [2.45, 2.75) is 27.2 Å². The monoisotopic (exact) mass is 244 g/mol. The first-order valence-electron chi connectivity index (χ1n) is 6.17. The number of carboxylic acid groups (broad SMARTS) is 1. The zero-order valence-electron chi connectivity index (χ0n) is 11.2. The van der Waals surface area contributed by atoms with Gasteiger partial charge in [0, 0.05) is 5.57 Å². The maximum atomic E-state index is 11.0. The summed E-state index contributed by atoms with van der Waals surface area (Å²) in [6.07, 6.45) is 4.66. The van der Waals surface area contributed by atoms with Crippen LogP contribution in [0.15, 0.2) is 47.6 Å². The van der Waals surface area contributed by atoms with Crippen LogP contribution in [-0.4, -0.2) is 11.1 Å². The molecule has 0 radical (unpaired) electrons. The molecule has 0 aliphatic heterocycles. The topological polar surface area (TPSA) is 37.3 Å². The number of aliphatic carboxylic acids is 1. The Bertz CT molecular complexity index is 453. The molecule has 18 heavy (non-hydrogen) atoms. The van der Waals surface area contributed by atoms with Crippen molar-refractivity contribution in [2.75, 3.05) is 0 Å². The van der Waals surface area contributed by atoms with Gasteiger partial charge in [-0.2, -0.15) is 0 Å². The van der Waals surface area contributed by atoms with Crippen LogP contribution in [-0.2, 0) is 4.79 Å². The molecule has 1 aromatic carbocycles. The minimum atomic E-state index is -0.844. The lowest BCUT2D eigenvalue weighted by molar-refractivity contribution is -0.132. The first-order chi connectivity index (χ1) is 8.50. The average molecular weight is 244 g/mol. The predicted molar refractivity (Wildman–Crippen MR) is 75.3 cm³/mol. The Hall–Kier alpha value is -1.83. The van der Waals surface area contributed by atoms with Gasteiger partial charge in [0.2, 0.25) is 0 Å². The Labute approximate surface area is 109 Å². The molecule has 0 aliphatic rings. The quantitative estimate of drug-likeness (QED) is 0.624. The smallest absolute Gasteiger partial charge is 0.331 e. The SMILES string of the molecule is CC(C(=O)O)=C(C=Cc1ccccc1)CC(C)C.